The minimum absolute atomic E-state index is 0.158. The molecule has 0 amide bonds. The Morgan fingerprint density at radius 3 is 2.56 bits per heavy atom. The molecule has 18 heavy (non-hydrogen) atoms. The van der Waals surface area contributed by atoms with Gasteiger partial charge in [0.05, 0.1) is 12.8 Å². The number of rotatable bonds is 3. The highest BCUT2D eigenvalue weighted by Gasteiger charge is 2.06. The van der Waals surface area contributed by atoms with E-state index in [-0.39, 0.29) is 12.1 Å². The Labute approximate surface area is 105 Å². The van der Waals surface area contributed by atoms with Gasteiger partial charge in [0, 0.05) is 24.7 Å². The van der Waals surface area contributed by atoms with Gasteiger partial charge in [0.25, 0.3) is 5.56 Å². The number of ether oxygens (including phenoxy) is 1. The largest absolute Gasteiger partial charge is 0.497 e. The van der Waals surface area contributed by atoms with E-state index in [1.165, 1.54) is 4.68 Å². The first-order valence-corrected chi connectivity index (χ1v) is 5.57. The van der Waals surface area contributed by atoms with Gasteiger partial charge >= 0.3 is 0 Å². The Morgan fingerprint density at radius 2 is 2.00 bits per heavy atom. The predicted molar refractivity (Wildman–Crippen MR) is 69.4 cm³/mol. The van der Waals surface area contributed by atoms with E-state index < -0.39 is 0 Å². The molecular formula is C13H15N3O2. The van der Waals surface area contributed by atoms with Crippen LogP contribution in [0.3, 0.4) is 0 Å². The van der Waals surface area contributed by atoms with Crippen molar-refractivity contribution in [1.82, 2.24) is 9.78 Å². The molecule has 1 aromatic heterocycles. The van der Waals surface area contributed by atoms with Crippen LogP contribution in [0.15, 0.2) is 35.1 Å². The van der Waals surface area contributed by atoms with E-state index in [0.717, 1.165) is 17.0 Å². The van der Waals surface area contributed by atoms with Gasteiger partial charge in [-0.1, -0.05) is 0 Å². The van der Waals surface area contributed by atoms with Crippen LogP contribution in [0.25, 0.3) is 11.3 Å². The first-order valence-electron chi connectivity index (χ1n) is 5.57. The van der Waals surface area contributed by atoms with Crippen molar-refractivity contribution in [2.24, 2.45) is 12.8 Å². The lowest BCUT2D eigenvalue weighted by atomic mass is 10.1. The topological polar surface area (TPSA) is 70.1 Å². The molecule has 0 radical (unpaired) electrons. The molecule has 0 atom stereocenters. The third-order valence-electron chi connectivity index (χ3n) is 2.74. The van der Waals surface area contributed by atoms with Crippen LogP contribution < -0.4 is 16.0 Å². The highest BCUT2D eigenvalue weighted by atomic mass is 16.5. The highest BCUT2D eigenvalue weighted by Crippen LogP contribution is 2.20. The van der Waals surface area contributed by atoms with Crippen molar-refractivity contribution in [2.45, 2.75) is 6.54 Å². The molecule has 1 heterocycles. The number of hydrogen-bond acceptors (Lipinski definition) is 4. The number of benzene rings is 1. The minimum Gasteiger partial charge on any atom is -0.497 e. The second kappa shape index (κ2) is 5.01. The Balaban J connectivity index is 2.50. The van der Waals surface area contributed by atoms with Crippen molar-refractivity contribution in [1.29, 1.82) is 0 Å². The summed E-state index contributed by atoms with van der Waals surface area (Å²) in [6.07, 6.45) is 0. The third-order valence-corrected chi connectivity index (χ3v) is 2.74. The van der Waals surface area contributed by atoms with Crippen LogP contribution in [0.1, 0.15) is 5.56 Å². The number of aromatic nitrogens is 2. The monoisotopic (exact) mass is 245 g/mol. The van der Waals surface area contributed by atoms with E-state index in [1.54, 1.807) is 20.2 Å². The summed E-state index contributed by atoms with van der Waals surface area (Å²) in [6.45, 7) is 0.207. The van der Waals surface area contributed by atoms with Gasteiger partial charge in [-0.15, -0.1) is 0 Å². The summed E-state index contributed by atoms with van der Waals surface area (Å²) in [5, 5.41) is 4.21. The fourth-order valence-corrected chi connectivity index (χ4v) is 1.72. The van der Waals surface area contributed by atoms with Crippen LogP contribution in [0.4, 0.5) is 0 Å². The van der Waals surface area contributed by atoms with Gasteiger partial charge in [0.2, 0.25) is 0 Å². The molecule has 0 spiro atoms. The normalized spacial score (nSPS) is 10.4. The molecule has 0 bridgehead atoms. The average molecular weight is 245 g/mol. The average Bonchev–Trinajstić information content (AvgIpc) is 2.42. The second-order valence-corrected chi connectivity index (χ2v) is 3.92. The number of methoxy groups -OCH3 is 1. The molecule has 2 aromatic rings. The zero-order valence-corrected chi connectivity index (χ0v) is 10.4. The molecule has 0 saturated carbocycles. The first-order chi connectivity index (χ1) is 8.65. The van der Waals surface area contributed by atoms with Crippen LogP contribution in [-0.2, 0) is 13.6 Å². The summed E-state index contributed by atoms with van der Waals surface area (Å²) >= 11 is 0. The lowest BCUT2D eigenvalue weighted by Gasteiger charge is -2.07. The van der Waals surface area contributed by atoms with E-state index in [2.05, 4.69) is 5.10 Å². The van der Waals surface area contributed by atoms with Crippen molar-refractivity contribution in [2.75, 3.05) is 7.11 Å². The number of nitrogens with zero attached hydrogens (tertiary/aromatic N) is 2. The van der Waals surface area contributed by atoms with Crippen LogP contribution >= 0.6 is 0 Å². The standard InChI is InChI=1S/C13H15N3O2/c1-16-13(17)10(8-14)7-12(15-16)9-3-5-11(18-2)6-4-9/h3-7H,8,14H2,1-2H3. The molecule has 5 nitrogen and oxygen atoms in total. The van der Waals surface area contributed by atoms with Gasteiger partial charge in [-0.05, 0) is 30.3 Å². The fourth-order valence-electron chi connectivity index (χ4n) is 1.72. The summed E-state index contributed by atoms with van der Waals surface area (Å²) in [5.41, 5.74) is 7.59. The molecule has 2 rings (SSSR count). The van der Waals surface area contributed by atoms with Gasteiger partial charge in [-0.3, -0.25) is 4.79 Å². The van der Waals surface area contributed by atoms with Crippen molar-refractivity contribution >= 4 is 0 Å². The zero-order chi connectivity index (χ0) is 13.1. The van der Waals surface area contributed by atoms with E-state index in [0.29, 0.717) is 5.56 Å². The molecule has 0 aliphatic rings. The Bertz CT molecular complexity index is 603. The molecule has 5 heteroatoms. The Kier molecular flexibility index (Phi) is 3.43. The van der Waals surface area contributed by atoms with E-state index in [1.807, 2.05) is 24.3 Å². The molecule has 1 aromatic carbocycles. The second-order valence-electron chi connectivity index (χ2n) is 3.92. The molecule has 2 N–H and O–H groups in total. The van der Waals surface area contributed by atoms with Crippen molar-refractivity contribution in [3.8, 4) is 17.0 Å². The maximum Gasteiger partial charge on any atom is 0.271 e. The number of aryl methyl sites for hydroxylation is 1. The summed E-state index contributed by atoms with van der Waals surface area (Å²) < 4.78 is 6.40. The van der Waals surface area contributed by atoms with Crippen LogP contribution in [-0.4, -0.2) is 16.9 Å². The fraction of sp³-hybridized carbons (Fsp3) is 0.231. The van der Waals surface area contributed by atoms with Gasteiger partial charge in [-0.25, -0.2) is 4.68 Å². The SMILES string of the molecule is COc1ccc(-c2cc(CN)c(=O)n(C)n2)cc1. The van der Waals surface area contributed by atoms with Crippen LogP contribution in [0.5, 0.6) is 5.75 Å². The zero-order valence-electron chi connectivity index (χ0n) is 10.4. The van der Waals surface area contributed by atoms with Crippen LogP contribution in [0.2, 0.25) is 0 Å². The molecular weight excluding hydrogens is 230 g/mol. The summed E-state index contributed by atoms with van der Waals surface area (Å²) in [7, 11) is 3.24. The lowest BCUT2D eigenvalue weighted by Crippen LogP contribution is -2.25. The molecule has 0 unspecified atom stereocenters. The predicted octanol–water partition coefficient (Wildman–Crippen LogP) is 0.915. The van der Waals surface area contributed by atoms with E-state index >= 15 is 0 Å². The van der Waals surface area contributed by atoms with Crippen LogP contribution in [0, 0.1) is 0 Å². The number of hydrogen-bond donors (Lipinski definition) is 1. The molecule has 94 valence electrons. The molecule has 0 aliphatic heterocycles. The van der Waals surface area contributed by atoms with Crippen molar-refractivity contribution in [3.05, 3.63) is 46.2 Å². The third kappa shape index (κ3) is 2.26. The minimum atomic E-state index is -0.158. The molecule has 0 fully saturated rings. The Hall–Kier alpha value is -2.14. The molecule has 0 saturated heterocycles. The molecule has 0 aliphatic carbocycles. The van der Waals surface area contributed by atoms with Gasteiger partial charge < -0.3 is 10.5 Å². The van der Waals surface area contributed by atoms with Gasteiger partial charge in [-0.2, -0.15) is 5.10 Å². The van der Waals surface area contributed by atoms with E-state index in [4.69, 9.17) is 10.5 Å². The van der Waals surface area contributed by atoms with Crippen molar-refractivity contribution in [3.63, 3.8) is 0 Å². The summed E-state index contributed by atoms with van der Waals surface area (Å²) in [6, 6.07) is 9.22. The number of nitrogens with two attached hydrogens (primary N) is 1. The van der Waals surface area contributed by atoms with Gasteiger partial charge in [0.15, 0.2) is 0 Å². The quantitative estimate of drug-likeness (QED) is 0.872. The van der Waals surface area contributed by atoms with Gasteiger partial charge in [0.1, 0.15) is 5.75 Å². The lowest BCUT2D eigenvalue weighted by molar-refractivity contribution is 0.415. The van der Waals surface area contributed by atoms with E-state index in [9.17, 15) is 4.79 Å². The maximum atomic E-state index is 11.7. The highest BCUT2D eigenvalue weighted by molar-refractivity contribution is 5.60. The Morgan fingerprint density at radius 1 is 1.33 bits per heavy atom. The van der Waals surface area contributed by atoms with Crippen molar-refractivity contribution < 1.29 is 4.74 Å². The smallest absolute Gasteiger partial charge is 0.271 e. The maximum absolute atomic E-state index is 11.7. The first kappa shape index (κ1) is 12.3. The summed E-state index contributed by atoms with van der Waals surface area (Å²) in [4.78, 5) is 11.7. The summed E-state index contributed by atoms with van der Waals surface area (Å²) in [5.74, 6) is 0.780.